The van der Waals surface area contributed by atoms with Crippen molar-refractivity contribution in [2.75, 3.05) is 6.54 Å². The number of nitrogens with zero attached hydrogens (tertiary/aromatic N) is 5. The minimum atomic E-state index is -0.431. The van der Waals surface area contributed by atoms with E-state index in [9.17, 15) is 9.59 Å². The lowest BCUT2D eigenvalue weighted by molar-refractivity contribution is 0.0650. The maximum atomic E-state index is 13.4. The molecule has 1 unspecified atom stereocenters. The van der Waals surface area contributed by atoms with Crippen molar-refractivity contribution in [3.63, 3.8) is 0 Å². The Hall–Kier alpha value is -3.22. The van der Waals surface area contributed by atoms with Crippen LogP contribution in [-0.4, -0.2) is 36.7 Å². The molecule has 1 aromatic carbocycles. The van der Waals surface area contributed by atoms with Crippen LogP contribution in [0.5, 0.6) is 0 Å². The van der Waals surface area contributed by atoms with E-state index in [0.717, 1.165) is 11.1 Å². The SMILES string of the molecule is Cc1cccnc1C(=O)N1CCn2c(nn(CC(C)C)c2=O)C1c1ccccc1. The summed E-state index contributed by atoms with van der Waals surface area (Å²) in [5, 5.41) is 4.65. The molecule has 0 N–H and O–H groups in total. The number of pyridine rings is 1. The van der Waals surface area contributed by atoms with Gasteiger partial charge in [-0.1, -0.05) is 50.2 Å². The molecule has 0 saturated heterocycles. The van der Waals surface area contributed by atoms with Gasteiger partial charge >= 0.3 is 5.69 Å². The maximum Gasteiger partial charge on any atom is 0.346 e. The molecule has 0 bridgehead atoms. The van der Waals surface area contributed by atoms with Crippen molar-refractivity contribution in [1.82, 2.24) is 24.2 Å². The highest BCUT2D eigenvalue weighted by Crippen LogP contribution is 2.31. The summed E-state index contributed by atoms with van der Waals surface area (Å²) in [4.78, 5) is 32.4. The van der Waals surface area contributed by atoms with Gasteiger partial charge in [0.25, 0.3) is 5.91 Å². The van der Waals surface area contributed by atoms with Crippen molar-refractivity contribution < 1.29 is 4.79 Å². The number of aryl methyl sites for hydroxylation is 1. The van der Waals surface area contributed by atoms with Gasteiger partial charge in [-0.05, 0) is 30.0 Å². The minimum absolute atomic E-state index is 0.115. The Morgan fingerprint density at radius 1 is 1.14 bits per heavy atom. The van der Waals surface area contributed by atoms with Crippen LogP contribution in [-0.2, 0) is 13.1 Å². The van der Waals surface area contributed by atoms with E-state index in [1.54, 1.807) is 15.7 Å². The third-order valence-corrected chi connectivity index (χ3v) is 5.20. The standard InChI is InChI=1S/C22H25N5O2/c1-15(2)14-27-22(29)26-13-12-25(21(28)18-16(3)8-7-11-23-18)19(20(26)24-27)17-9-5-4-6-10-17/h4-11,15,19H,12-14H2,1-3H3. The second-order valence-electron chi connectivity index (χ2n) is 7.85. The van der Waals surface area contributed by atoms with Gasteiger partial charge in [-0.25, -0.2) is 9.48 Å². The van der Waals surface area contributed by atoms with Gasteiger partial charge in [-0.15, -0.1) is 0 Å². The van der Waals surface area contributed by atoms with Gasteiger partial charge in [0.2, 0.25) is 0 Å². The first-order valence-corrected chi connectivity index (χ1v) is 9.92. The highest BCUT2D eigenvalue weighted by molar-refractivity contribution is 5.94. The lowest BCUT2D eigenvalue weighted by Gasteiger charge is -2.35. The molecule has 2 aromatic heterocycles. The summed E-state index contributed by atoms with van der Waals surface area (Å²) in [6.45, 7) is 7.39. The van der Waals surface area contributed by atoms with Crippen LogP contribution in [0, 0.1) is 12.8 Å². The van der Waals surface area contributed by atoms with E-state index < -0.39 is 6.04 Å². The van der Waals surface area contributed by atoms with E-state index in [1.165, 1.54) is 4.68 Å². The van der Waals surface area contributed by atoms with Crippen LogP contribution in [0.25, 0.3) is 0 Å². The number of aromatic nitrogens is 4. The molecule has 1 aliphatic heterocycles. The number of amides is 1. The second-order valence-corrected chi connectivity index (χ2v) is 7.85. The molecule has 7 heteroatoms. The molecule has 1 aliphatic rings. The molecule has 0 saturated carbocycles. The molecule has 4 rings (SSSR count). The third-order valence-electron chi connectivity index (χ3n) is 5.20. The number of hydrogen-bond acceptors (Lipinski definition) is 4. The van der Waals surface area contributed by atoms with Crippen molar-refractivity contribution in [2.45, 2.75) is 39.9 Å². The highest BCUT2D eigenvalue weighted by atomic mass is 16.2. The number of hydrogen-bond donors (Lipinski definition) is 0. The van der Waals surface area contributed by atoms with Crippen LogP contribution in [0.15, 0.2) is 53.5 Å². The van der Waals surface area contributed by atoms with E-state index in [-0.39, 0.29) is 11.6 Å². The van der Waals surface area contributed by atoms with Crippen LogP contribution in [0.3, 0.4) is 0 Å². The zero-order chi connectivity index (χ0) is 20.5. The molecular formula is C22H25N5O2. The highest BCUT2D eigenvalue weighted by Gasteiger charge is 2.37. The van der Waals surface area contributed by atoms with Gasteiger partial charge in [0.05, 0.1) is 0 Å². The van der Waals surface area contributed by atoms with Gasteiger partial charge in [0.15, 0.2) is 5.82 Å². The molecule has 0 fully saturated rings. The molecule has 0 spiro atoms. The van der Waals surface area contributed by atoms with Crippen LogP contribution in [0.1, 0.15) is 47.3 Å². The van der Waals surface area contributed by atoms with Gasteiger partial charge in [-0.3, -0.25) is 14.3 Å². The molecule has 3 aromatic rings. The topological polar surface area (TPSA) is 73.0 Å². The van der Waals surface area contributed by atoms with Crippen LogP contribution in [0.4, 0.5) is 0 Å². The Labute approximate surface area is 169 Å². The van der Waals surface area contributed by atoms with Gasteiger partial charge in [0, 0.05) is 25.8 Å². The molecule has 29 heavy (non-hydrogen) atoms. The van der Waals surface area contributed by atoms with Gasteiger partial charge in [-0.2, -0.15) is 5.10 Å². The van der Waals surface area contributed by atoms with E-state index in [0.29, 0.717) is 37.1 Å². The molecule has 0 radical (unpaired) electrons. The zero-order valence-electron chi connectivity index (χ0n) is 16.9. The number of carbonyl (C=O) groups excluding carboxylic acids is 1. The van der Waals surface area contributed by atoms with E-state index in [4.69, 9.17) is 0 Å². The molecule has 3 heterocycles. The molecule has 0 aliphatic carbocycles. The maximum absolute atomic E-state index is 13.4. The lowest BCUT2D eigenvalue weighted by Crippen LogP contribution is -2.45. The fourth-order valence-corrected chi connectivity index (χ4v) is 3.84. The summed E-state index contributed by atoms with van der Waals surface area (Å²) in [5.74, 6) is 0.762. The summed E-state index contributed by atoms with van der Waals surface area (Å²) < 4.78 is 3.23. The second kappa shape index (κ2) is 7.66. The molecule has 1 amide bonds. The summed E-state index contributed by atoms with van der Waals surface area (Å²) >= 11 is 0. The van der Waals surface area contributed by atoms with Crippen molar-refractivity contribution in [1.29, 1.82) is 0 Å². The summed E-state index contributed by atoms with van der Waals surface area (Å²) in [7, 11) is 0. The fourth-order valence-electron chi connectivity index (χ4n) is 3.84. The Morgan fingerprint density at radius 3 is 2.59 bits per heavy atom. The molecule has 7 nitrogen and oxygen atoms in total. The first-order valence-electron chi connectivity index (χ1n) is 9.92. The summed E-state index contributed by atoms with van der Waals surface area (Å²) in [6, 6.07) is 13.0. The Bertz CT molecular complexity index is 1080. The van der Waals surface area contributed by atoms with Crippen molar-refractivity contribution in [2.24, 2.45) is 5.92 Å². The van der Waals surface area contributed by atoms with Crippen LogP contribution in [0.2, 0.25) is 0 Å². The third kappa shape index (κ3) is 3.48. The van der Waals surface area contributed by atoms with Gasteiger partial charge in [0.1, 0.15) is 11.7 Å². The largest absolute Gasteiger partial charge is 0.346 e. The van der Waals surface area contributed by atoms with Crippen molar-refractivity contribution >= 4 is 5.91 Å². The Kier molecular flexibility index (Phi) is 5.05. The first kappa shape index (κ1) is 19.1. The van der Waals surface area contributed by atoms with E-state index >= 15 is 0 Å². The van der Waals surface area contributed by atoms with E-state index in [1.807, 2.05) is 49.4 Å². The number of rotatable bonds is 4. The minimum Gasteiger partial charge on any atom is -0.321 e. The van der Waals surface area contributed by atoms with Gasteiger partial charge < -0.3 is 4.90 Å². The quantitative estimate of drug-likeness (QED) is 0.685. The zero-order valence-corrected chi connectivity index (χ0v) is 16.9. The normalized spacial score (nSPS) is 16.1. The van der Waals surface area contributed by atoms with Crippen molar-refractivity contribution in [3.05, 3.63) is 81.8 Å². The Morgan fingerprint density at radius 2 is 1.90 bits per heavy atom. The molecule has 150 valence electrons. The van der Waals surface area contributed by atoms with Crippen LogP contribution >= 0.6 is 0 Å². The average Bonchev–Trinajstić information content (AvgIpc) is 3.02. The lowest BCUT2D eigenvalue weighted by atomic mass is 10.0. The van der Waals surface area contributed by atoms with Crippen LogP contribution < -0.4 is 5.69 Å². The molecular weight excluding hydrogens is 366 g/mol. The smallest absolute Gasteiger partial charge is 0.321 e. The van der Waals surface area contributed by atoms with Crippen molar-refractivity contribution in [3.8, 4) is 0 Å². The number of carbonyl (C=O) groups is 1. The van der Waals surface area contributed by atoms with E-state index in [2.05, 4.69) is 23.9 Å². The monoisotopic (exact) mass is 391 g/mol. The Balaban J connectivity index is 1.83. The fraction of sp³-hybridized carbons (Fsp3) is 0.364. The summed E-state index contributed by atoms with van der Waals surface area (Å²) in [6.07, 6.45) is 1.63. The first-order chi connectivity index (χ1) is 14.0. The number of fused-ring (bicyclic) bond motifs is 1. The predicted molar refractivity (Wildman–Crippen MR) is 110 cm³/mol. The molecule has 1 atom stereocenters. The summed E-state index contributed by atoms with van der Waals surface area (Å²) in [5.41, 5.74) is 2.08. The average molecular weight is 391 g/mol. The number of benzene rings is 1. The predicted octanol–water partition coefficient (Wildman–Crippen LogP) is 2.65.